The number of carboxylic acid groups (broad SMARTS) is 1. The number of carboxylic acids is 1. The van der Waals surface area contributed by atoms with Gasteiger partial charge in [0.15, 0.2) is 5.82 Å². The van der Waals surface area contributed by atoms with Crippen LogP contribution in [0.5, 0.6) is 0 Å². The Hall–Kier alpha value is -2.22. The third-order valence-electron chi connectivity index (χ3n) is 3.30. The molecule has 1 fully saturated rings. The van der Waals surface area contributed by atoms with E-state index in [4.69, 9.17) is 10.2 Å². The third kappa shape index (κ3) is 2.85. The minimum atomic E-state index is -1.49. The van der Waals surface area contributed by atoms with Gasteiger partial charge in [0, 0.05) is 6.54 Å². The largest absolute Gasteiger partial charge is 0.477 e. The number of carbonyl (C=O) groups is 1. The van der Waals surface area contributed by atoms with E-state index in [0.717, 1.165) is 6.07 Å². The van der Waals surface area contributed by atoms with Crippen molar-refractivity contribution in [2.24, 2.45) is 5.92 Å². The predicted molar refractivity (Wildman–Crippen MR) is 67.2 cm³/mol. The SMILES string of the molecule is O=C(O)c1cc(NCC2CC(O)C2)c(F)cc1[N+](=O)[O-]. The average molecular weight is 284 g/mol. The minimum Gasteiger partial charge on any atom is -0.477 e. The molecule has 1 aliphatic carbocycles. The molecule has 1 aromatic rings. The summed E-state index contributed by atoms with van der Waals surface area (Å²) in [6.45, 7) is 0.380. The lowest BCUT2D eigenvalue weighted by Gasteiger charge is -2.31. The number of nitrogens with zero attached hydrogens (tertiary/aromatic N) is 1. The van der Waals surface area contributed by atoms with Crippen molar-refractivity contribution < 1.29 is 24.3 Å². The van der Waals surface area contributed by atoms with Gasteiger partial charge in [0.25, 0.3) is 5.69 Å². The Bertz CT molecular complexity index is 557. The van der Waals surface area contributed by atoms with E-state index in [0.29, 0.717) is 25.5 Å². The zero-order valence-corrected chi connectivity index (χ0v) is 10.4. The summed E-state index contributed by atoms with van der Waals surface area (Å²) >= 11 is 0. The number of aromatic carboxylic acids is 1. The molecule has 0 saturated heterocycles. The molecule has 0 heterocycles. The van der Waals surface area contributed by atoms with Crippen LogP contribution in [0.25, 0.3) is 0 Å². The number of hydrogen-bond donors (Lipinski definition) is 3. The van der Waals surface area contributed by atoms with Crippen molar-refractivity contribution in [3.8, 4) is 0 Å². The van der Waals surface area contributed by atoms with Crippen LogP contribution >= 0.6 is 0 Å². The Labute approximate surface area is 113 Å². The van der Waals surface area contributed by atoms with Crippen molar-refractivity contribution >= 4 is 17.3 Å². The molecular formula is C12H13FN2O5. The molecule has 0 atom stereocenters. The topological polar surface area (TPSA) is 113 Å². The fraction of sp³-hybridized carbons (Fsp3) is 0.417. The summed E-state index contributed by atoms with van der Waals surface area (Å²) in [6, 6.07) is 1.52. The van der Waals surface area contributed by atoms with E-state index in [1.807, 2.05) is 0 Å². The first-order valence-electron chi connectivity index (χ1n) is 6.01. The maximum atomic E-state index is 13.7. The highest BCUT2D eigenvalue weighted by atomic mass is 19.1. The van der Waals surface area contributed by atoms with Gasteiger partial charge in [-0.1, -0.05) is 0 Å². The summed E-state index contributed by atoms with van der Waals surface area (Å²) in [4.78, 5) is 20.7. The molecule has 0 amide bonds. The molecule has 108 valence electrons. The maximum Gasteiger partial charge on any atom is 0.342 e. The van der Waals surface area contributed by atoms with Gasteiger partial charge in [0.05, 0.1) is 22.8 Å². The van der Waals surface area contributed by atoms with Gasteiger partial charge < -0.3 is 15.5 Å². The van der Waals surface area contributed by atoms with Crippen molar-refractivity contribution in [1.29, 1.82) is 0 Å². The van der Waals surface area contributed by atoms with E-state index in [2.05, 4.69) is 5.32 Å². The smallest absolute Gasteiger partial charge is 0.342 e. The van der Waals surface area contributed by atoms with Gasteiger partial charge in [-0.25, -0.2) is 9.18 Å². The lowest BCUT2D eigenvalue weighted by molar-refractivity contribution is -0.385. The molecule has 0 aromatic heterocycles. The molecule has 0 unspecified atom stereocenters. The lowest BCUT2D eigenvalue weighted by Crippen LogP contribution is -2.33. The average Bonchev–Trinajstić information content (AvgIpc) is 2.33. The normalized spacial score (nSPS) is 21.1. The Morgan fingerprint density at radius 1 is 1.50 bits per heavy atom. The number of benzene rings is 1. The van der Waals surface area contributed by atoms with Crippen LogP contribution in [-0.4, -0.2) is 33.8 Å². The highest BCUT2D eigenvalue weighted by Gasteiger charge is 2.28. The fourth-order valence-electron chi connectivity index (χ4n) is 2.14. The summed E-state index contributed by atoms with van der Waals surface area (Å²) in [5.74, 6) is -2.17. The summed E-state index contributed by atoms with van der Waals surface area (Å²) < 4.78 is 13.7. The molecule has 0 radical (unpaired) electrons. The number of aliphatic hydroxyl groups excluding tert-OH is 1. The number of nitro benzene ring substituents is 1. The van der Waals surface area contributed by atoms with Gasteiger partial charge in [-0.3, -0.25) is 10.1 Å². The molecule has 1 aliphatic rings. The Kier molecular flexibility index (Phi) is 3.84. The lowest BCUT2D eigenvalue weighted by atomic mass is 9.82. The quantitative estimate of drug-likeness (QED) is 0.559. The summed E-state index contributed by atoms with van der Waals surface area (Å²) in [5, 5.41) is 31.4. The maximum absolute atomic E-state index is 13.7. The summed E-state index contributed by atoms with van der Waals surface area (Å²) in [5.41, 5.74) is -1.43. The van der Waals surface area contributed by atoms with Crippen molar-refractivity contribution in [3.63, 3.8) is 0 Å². The van der Waals surface area contributed by atoms with Crippen LogP contribution in [0.15, 0.2) is 12.1 Å². The summed E-state index contributed by atoms with van der Waals surface area (Å²) in [6.07, 6.45) is 0.874. The molecule has 0 aliphatic heterocycles. The van der Waals surface area contributed by atoms with Crippen LogP contribution in [-0.2, 0) is 0 Å². The molecule has 2 rings (SSSR count). The second kappa shape index (κ2) is 5.41. The second-order valence-electron chi connectivity index (χ2n) is 4.78. The van der Waals surface area contributed by atoms with Gasteiger partial charge >= 0.3 is 5.97 Å². The number of halogens is 1. The van der Waals surface area contributed by atoms with Crippen LogP contribution in [0.4, 0.5) is 15.8 Å². The van der Waals surface area contributed by atoms with E-state index >= 15 is 0 Å². The first-order valence-corrected chi connectivity index (χ1v) is 6.01. The van der Waals surface area contributed by atoms with Crippen LogP contribution in [0.2, 0.25) is 0 Å². The molecule has 0 spiro atoms. The number of hydrogen-bond acceptors (Lipinski definition) is 5. The van der Waals surface area contributed by atoms with Crippen molar-refractivity contribution in [1.82, 2.24) is 0 Å². The molecule has 1 aromatic carbocycles. The van der Waals surface area contributed by atoms with E-state index in [-0.39, 0.29) is 17.7 Å². The van der Waals surface area contributed by atoms with E-state index in [9.17, 15) is 19.3 Å². The van der Waals surface area contributed by atoms with E-state index in [1.54, 1.807) is 0 Å². The van der Waals surface area contributed by atoms with E-state index in [1.165, 1.54) is 0 Å². The standard InChI is InChI=1S/C12H13FN2O5/c13-9-4-11(15(19)20)8(12(17)18)3-10(9)14-5-6-1-7(16)2-6/h3-4,6-7,14,16H,1-2,5H2,(H,17,18). The number of rotatable bonds is 5. The van der Waals surface area contributed by atoms with Crippen molar-refractivity contribution in [3.05, 3.63) is 33.6 Å². The van der Waals surface area contributed by atoms with Gasteiger partial charge in [-0.2, -0.15) is 0 Å². The molecular weight excluding hydrogens is 271 g/mol. The molecule has 1 saturated carbocycles. The second-order valence-corrected chi connectivity index (χ2v) is 4.78. The zero-order chi connectivity index (χ0) is 14.9. The van der Waals surface area contributed by atoms with Crippen LogP contribution in [0.1, 0.15) is 23.2 Å². The Morgan fingerprint density at radius 2 is 2.15 bits per heavy atom. The molecule has 20 heavy (non-hydrogen) atoms. The first kappa shape index (κ1) is 14.2. The monoisotopic (exact) mass is 284 g/mol. The molecule has 0 bridgehead atoms. The predicted octanol–water partition coefficient (Wildman–Crippen LogP) is 1.61. The minimum absolute atomic E-state index is 0.0885. The summed E-state index contributed by atoms with van der Waals surface area (Å²) in [7, 11) is 0. The van der Waals surface area contributed by atoms with Crippen LogP contribution in [0.3, 0.4) is 0 Å². The highest BCUT2D eigenvalue weighted by Crippen LogP contribution is 2.30. The van der Waals surface area contributed by atoms with Crippen molar-refractivity contribution in [2.75, 3.05) is 11.9 Å². The number of aliphatic hydroxyl groups is 1. The molecule has 7 nitrogen and oxygen atoms in total. The fourth-order valence-corrected chi connectivity index (χ4v) is 2.14. The number of nitrogens with one attached hydrogen (secondary N) is 1. The highest BCUT2D eigenvalue weighted by molar-refractivity contribution is 5.93. The van der Waals surface area contributed by atoms with E-state index < -0.39 is 28.0 Å². The molecule has 8 heteroatoms. The van der Waals surface area contributed by atoms with Crippen molar-refractivity contribution in [2.45, 2.75) is 18.9 Å². The Morgan fingerprint density at radius 3 is 2.65 bits per heavy atom. The number of nitro groups is 1. The van der Waals surface area contributed by atoms with Crippen LogP contribution < -0.4 is 5.32 Å². The zero-order valence-electron chi connectivity index (χ0n) is 10.4. The third-order valence-corrected chi connectivity index (χ3v) is 3.30. The first-order chi connectivity index (χ1) is 9.38. The van der Waals surface area contributed by atoms with Gasteiger partial charge in [0.1, 0.15) is 5.56 Å². The van der Waals surface area contributed by atoms with Gasteiger partial charge in [0.2, 0.25) is 0 Å². The molecule has 3 N–H and O–H groups in total. The van der Waals surface area contributed by atoms with Gasteiger partial charge in [-0.05, 0) is 24.8 Å². The van der Waals surface area contributed by atoms with Gasteiger partial charge in [-0.15, -0.1) is 0 Å². The van der Waals surface area contributed by atoms with Crippen LogP contribution in [0, 0.1) is 21.8 Å². The number of anilines is 1. The Balaban J connectivity index is 2.18.